The van der Waals surface area contributed by atoms with Gasteiger partial charge < -0.3 is 9.47 Å². The summed E-state index contributed by atoms with van der Waals surface area (Å²) in [6.07, 6.45) is 2.48. The fraction of sp³-hybridized carbons (Fsp3) is 0.250. The Labute approximate surface area is 138 Å². The molecule has 0 atom stereocenters. The van der Waals surface area contributed by atoms with Gasteiger partial charge >= 0.3 is 0 Å². The number of hydrogen-bond acceptors (Lipinski definition) is 3. The third kappa shape index (κ3) is 3.23. The molecule has 1 aromatic heterocycles. The molecule has 7 heteroatoms. The van der Waals surface area contributed by atoms with Crippen molar-refractivity contribution in [3.63, 3.8) is 0 Å². The third-order valence-electron chi connectivity index (χ3n) is 3.91. The predicted octanol–water partition coefficient (Wildman–Crippen LogP) is 2.31. The summed E-state index contributed by atoms with van der Waals surface area (Å²) < 4.78 is 1.94. The van der Waals surface area contributed by atoms with Crippen molar-refractivity contribution in [1.82, 2.24) is 14.9 Å². The molecule has 3 rings (SSSR count). The van der Waals surface area contributed by atoms with E-state index in [1.807, 2.05) is 4.57 Å². The van der Waals surface area contributed by atoms with Gasteiger partial charge in [-0.25, -0.2) is 5.48 Å². The number of rotatable bonds is 2. The number of nitrogens with one attached hydrogen (secondary N) is 1. The Kier molecular flexibility index (Phi) is 4.36. The summed E-state index contributed by atoms with van der Waals surface area (Å²) in [5, 5.41) is 9.32. The van der Waals surface area contributed by atoms with E-state index < -0.39 is 5.91 Å². The Morgan fingerprint density at radius 2 is 1.87 bits per heavy atom. The fourth-order valence-electron chi connectivity index (χ4n) is 2.74. The molecule has 0 saturated carbocycles. The molecule has 0 saturated heterocycles. The van der Waals surface area contributed by atoms with Gasteiger partial charge in [-0.05, 0) is 36.8 Å². The minimum absolute atomic E-state index is 0.0653. The van der Waals surface area contributed by atoms with Crippen LogP contribution >= 0.6 is 11.6 Å². The van der Waals surface area contributed by atoms with Crippen LogP contribution in [0.4, 0.5) is 0 Å². The average Bonchev–Trinajstić information content (AvgIpc) is 2.86. The van der Waals surface area contributed by atoms with Crippen LogP contribution < -0.4 is 5.48 Å². The van der Waals surface area contributed by atoms with Crippen molar-refractivity contribution in [2.75, 3.05) is 6.54 Å². The van der Waals surface area contributed by atoms with E-state index in [1.54, 1.807) is 46.9 Å². The van der Waals surface area contributed by atoms with E-state index in [1.165, 1.54) is 0 Å². The van der Waals surface area contributed by atoms with Crippen LogP contribution in [0.2, 0.25) is 5.02 Å². The average molecular weight is 334 g/mol. The number of nitrogens with zero attached hydrogens (tertiary/aromatic N) is 2. The van der Waals surface area contributed by atoms with Gasteiger partial charge in [-0.2, -0.15) is 0 Å². The van der Waals surface area contributed by atoms with Gasteiger partial charge in [-0.15, -0.1) is 0 Å². The van der Waals surface area contributed by atoms with Gasteiger partial charge in [0.25, 0.3) is 11.8 Å². The summed E-state index contributed by atoms with van der Waals surface area (Å²) >= 11 is 5.85. The summed E-state index contributed by atoms with van der Waals surface area (Å²) in [7, 11) is 0. The van der Waals surface area contributed by atoms with Crippen LogP contribution in [0.3, 0.4) is 0 Å². The van der Waals surface area contributed by atoms with Gasteiger partial charge in [0.05, 0.1) is 12.1 Å². The van der Waals surface area contributed by atoms with Gasteiger partial charge in [0.15, 0.2) is 0 Å². The lowest BCUT2D eigenvalue weighted by Gasteiger charge is -2.20. The van der Waals surface area contributed by atoms with E-state index in [-0.39, 0.29) is 5.91 Å². The lowest BCUT2D eigenvalue weighted by Crippen LogP contribution is -2.30. The monoisotopic (exact) mass is 333 g/mol. The van der Waals surface area contributed by atoms with Crippen LogP contribution in [0.5, 0.6) is 0 Å². The van der Waals surface area contributed by atoms with Crippen LogP contribution in [-0.4, -0.2) is 33.0 Å². The lowest BCUT2D eigenvalue weighted by molar-refractivity contribution is 0.0706. The summed E-state index contributed by atoms with van der Waals surface area (Å²) in [4.78, 5) is 25.9. The fourth-order valence-corrected chi connectivity index (χ4v) is 2.86. The summed E-state index contributed by atoms with van der Waals surface area (Å²) in [6, 6.07) is 8.50. The molecule has 1 aliphatic rings. The van der Waals surface area contributed by atoms with Crippen molar-refractivity contribution in [3.05, 3.63) is 58.4 Å². The maximum Gasteiger partial charge on any atom is 0.276 e. The number of fused-ring (bicyclic) bond motifs is 1. The maximum absolute atomic E-state index is 12.6. The van der Waals surface area contributed by atoms with Crippen molar-refractivity contribution in [2.24, 2.45) is 0 Å². The molecule has 1 aromatic carbocycles. The number of hydrogen-bond donors (Lipinski definition) is 2. The van der Waals surface area contributed by atoms with Crippen LogP contribution in [0.25, 0.3) is 0 Å². The minimum atomic E-state index is -0.554. The standard InChI is InChI=1S/C16H16ClN3O3/c17-13-4-2-11(3-5-13)16(22)20-7-1-6-19-9-12(15(21)18-23)8-14(19)10-20/h2-5,8-9,23H,1,6-7,10H2,(H,18,21). The Bertz CT molecular complexity index is 740. The van der Waals surface area contributed by atoms with E-state index in [2.05, 4.69) is 0 Å². The maximum atomic E-state index is 12.6. The molecule has 0 unspecified atom stereocenters. The molecule has 0 bridgehead atoms. The zero-order valence-corrected chi connectivity index (χ0v) is 13.1. The Morgan fingerprint density at radius 3 is 2.57 bits per heavy atom. The normalized spacial score (nSPS) is 14.1. The van der Waals surface area contributed by atoms with Crippen molar-refractivity contribution in [2.45, 2.75) is 19.5 Å². The van der Waals surface area contributed by atoms with Crippen LogP contribution in [-0.2, 0) is 13.1 Å². The molecule has 0 aliphatic carbocycles. The molecule has 0 fully saturated rings. The third-order valence-corrected chi connectivity index (χ3v) is 4.16. The Hall–Kier alpha value is -2.31. The van der Waals surface area contributed by atoms with Gasteiger partial charge in [-0.1, -0.05) is 11.6 Å². The molecule has 2 amide bonds. The first-order valence-electron chi connectivity index (χ1n) is 7.27. The number of carbonyl (C=O) groups excluding carboxylic acids is 2. The highest BCUT2D eigenvalue weighted by atomic mass is 35.5. The molecule has 1 aliphatic heterocycles. The van der Waals surface area contributed by atoms with Gasteiger partial charge in [0.1, 0.15) is 0 Å². The van der Waals surface area contributed by atoms with Gasteiger partial charge in [0, 0.05) is 35.6 Å². The number of hydroxylamine groups is 1. The molecule has 6 nitrogen and oxygen atoms in total. The predicted molar refractivity (Wildman–Crippen MR) is 84.5 cm³/mol. The summed E-state index contributed by atoms with van der Waals surface area (Å²) in [6.45, 7) is 1.78. The molecule has 2 heterocycles. The second kappa shape index (κ2) is 6.44. The first-order chi connectivity index (χ1) is 11.1. The topological polar surface area (TPSA) is 74.6 Å². The molecule has 0 spiro atoms. The van der Waals surface area contributed by atoms with E-state index in [0.717, 1.165) is 18.7 Å². The SMILES string of the molecule is O=C(NO)c1cc2n(c1)CCCN(C(=O)c1ccc(Cl)cc1)C2. The highest BCUT2D eigenvalue weighted by Gasteiger charge is 2.22. The van der Waals surface area contributed by atoms with Crippen LogP contribution in [0.1, 0.15) is 32.8 Å². The van der Waals surface area contributed by atoms with E-state index in [4.69, 9.17) is 16.8 Å². The Balaban J connectivity index is 1.82. The molecule has 120 valence electrons. The van der Waals surface area contributed by atoms with Gasteiger partial charge in [0.2, 0.25) is 0 Å². The van der Waals surface area contributed by atoms with Crippen molar-refractivity contribution >= 4 is 23.4 Å². The van der Waals surface area contributed by atoms with E-state index in [9.17, 15) is 9.59 Å². The number of aromatic nitrogens is 1. The number of amides is 2. The number of aryl methyl sites for hydroxylation is 1. The first kappa shape index (κ1) is 15.6. The molecule has 23 heavy (non-hydrogen) atoms. The summed E-state index contributed by atoms with van der Waals surface area (Å²) in [5.74, 6) is -0.620. The second-order valence-electron chi connectivity index (χ2n) is 5.44. The zero-order chi connectivity index (χ0) is 16.4. The summed E-state index contributed by atoms with van der Waals surface area (Å²) in [5.41, 5.74) is 3.45. The zero-order valence-electron chi connectivity index (χ0n) is 12.3. The first-order valence-corrected chi connectivity index (χ1v) is 7.64. The van der Waals surface area contributed by atoms with Crippen molar-refractivity contribution < 1.29 is 14.8 Å². The molecule has 2 N–H and O–H groups in total. The van der Waals surface area contributed by atoms with Crippen LogP contribution in [0, 0.1) is 0 Å². The second-order valence-corrected chi connectivity index (χ2v) is 5.88. The molecule has 0 radical (unpaired) electrons. The largest absolute Gasteiger partial charge is 0.349 e. The van der Waals surface area contributed by atoms with Crippen molar-refractivity contribution in [1.29, 1.82) is 0 Å². The Morgan fingerprint density at radius 1 is 1.13 bits per heavy atom. The molecular formula is C16H16ClN3O3. The quantitative estimate of drug-likeness (QED) is 0.654. The van der Waals surface area contributed by atoms with E-state index >= 15 is 0 Å². The number of carbonyl (C=O) groups is 2. The van der Waals surface area contributed by atoms with E-state index in [0.29, 0.717) is 29.2 Å². The van der Waals surface area contributed by atoms with Crippen LogP contribution in [0.15, 0.2) is 36.5 Å². The highest BCUT2D eigenvalue weighted by molar-refractivity contribution is 6.30. The molecular weight excluding hydrogens is 318 g/mol. The van der Waals surface area contributed by atoms with Crippen molar-refractivity contribution in [3.8, 4) is 0 Å². The molecule has 2 aromatic rings. The smallest absolute Gasteiger partial charge is 0.276 e. The minimum Gasteiger partial charge on any atom is -0.349 e. The highest BCUT2D eigenvalue weighted by Crippen LogP contribution is 2.19. The number of benzene rings is 1. The van der Waals surface area contributed by atoms with Gasteiger partial charge in [-0.3, -0.25) is 14.8 Å². The lowest BCUT2D eigenvalue weighted by atomic mass is 10.2. The number of halogens is 1.